The summed E-state index contributed by atoms with van der Waals surface area (Å²) >= 11 is 12.3. The second-order valence-corrected chi connectivity index (χ2v) is 6.39. The van der Waals surface area contributed by atoms with E-state index < -0.39 is 0 Å². The van der Waals surface area contributed by atoms with Gasteiger partial charge in [-0.05, 0) is 66.1 Å². The van der Waals surface area contributed by atoms with E-state index >= 15 is 0 Å². The molecule has 3 N–H and O–H groups in total. The maximum Gasteiger partial charge on any atom is 0.0515 e. The molecule has 3 rings (SSSR count). The number of nitrogens with two attached hydrogens (primary N) is 1. The van der Waals surface area contributed by atoms with Gasteiger partial charge in [-0.15, -0.1) is 0 Å². The Morgan fingerprint density at radius 2 is 1.86 bits per heavy atom. The Balaban J connectivity index is 1.86. The average Bonchev–Trinajstić information content (AvgIpc) is 2.95. The number of nitrogens with one attached hydrogen (secondary N) is 1. The molecule has 0 heterocycles. The summed E-state index contributed by atoms with van der Waals surface area (Å²) in [6.45, 7) is 0. The highest BCUT2D eigenvalue weighted by Gasteiger charge is 2.16. The van der Waals surface area contributed by atoms with Gasteiger partial charge in [0.2, 0.25) is 0 Å². The lowest BCUT2D eigenvalue weighted by atomic mass is 9.97. The van der Waals surface area contributed by atoms with Crippen LogP contribution in [0.2, 0.25) is 10.0 Å². The van der Waals surface area contributed by atoms with Crippen molar-refractivity contribution in [1.29, 1.82) is 0 Å². The van der Waals surface area contributed by atoms with E-state index in [9.17, 15) is 0 Å². The minimum atomic E-state index is -0.0457. The third kappa shape index (κ3) is 3.24. The minimum Gasteiger partial charge on any atom is -0.271 e. The number of aryl methyl sites for hydroxylation is 2. The summed E-state index contributed by atoms with van der Waals surface area (Å²) < 4.78 is 0. The van der Waals surface area contributed by atoms with E-state index in [2.05, 4.69) is 23.6 Å². The normalized spacial score (nSPS) is 15.0. The van der Waals surface area contributed by atoms with Crippen molar-refractivity contribution in [2.24, 2.45) is 5.84 Å². The van der Waals surface area contributed by atoms with E-state index in [1.165, 1.54) is 36.0 Å². The van der Waals surface area contributed by atoms with E-state index in [-0.39, 0.29) is 6.04 Å². The topological polar surface area (TPSA) is 38.0 Å². The standard InChI is InChI=1S/C17H18Cl2N2/c18-14-6-7-16(19)15(10-14)17(21-20)9-11-4-5-12-2-1-3-13(12)8-11/h4-8,10,17,21H,1-3,9,20H2. The van der Waals surface area contributed by atoms with Crippen molar-refractivity contribution in [3.63, 3.8) is 0 Å². The molecule has 4 heteroatoms. The largest absolute Gasteiger partial charge is 0.271 e. The number of hydrogen-bond donors (Lipinski definition) is 2. The number of hydrazine groups is 1. The Kier molecular flexibility index (Phi) is 4.51. The molecule has 2 aromatic rings. The Bertz CT molecular complexity index is 655. The van der Waals surface area contributed by atoms with Crippen LogP contribution in [0, 0.1) is 0 Å². The molecule has 2 aromatic carbocycles. The lowest BCUT2D eigenvalue weighted by Gasteiger charge is -2.18. The summed E-state index contributed by atoms with van der Waals surface area (Å²) in [5.74, 6) is 5.73. The van der Waals surface area contributed by atoms with Crippen LogP contribution < -0.4 is 11.3 Å². The predicted octanol–water partition coefficient (Wildman–Crippen LogP) is 4.23. The van der Waals surface area contributed by atoms with Crippen LogP contribution in [-0.2, 0) is 19.3 Å². The molecule has 0 amide bonds. The predicted molar refractivity (Wildman–Crippen MR) is 88.7 cm³/mol. The van der Waals surface area contributed by atoms with Crippen molar-refractivity contribution < 1.29 is 0 Å². The highest BCUT2D eigenvalue weighted by Crippen LogP contribution is 2.30. The molecule has 0 fully saturated rings. The number of fused-ring (bicyclic) bond motifs is 1. The molecule has 0 bridgehead atoms. The second-order valence-electron chi connectivity index (χ2n) is 5.55. The molecule has 0 radical (unpaired) electrons. The summed E-state index contributed by atoms with van der Waals surface area (Å²) in [6, 6.07) is 12.2. The first-order valence-corrected chi connectivity index (χ1v) is 7.94. The first-order chi connectivity index (χ1) is 10.2. The van der Waals surface area contributed by atoms with Crippen molar-refractivity contribution >= 4 is 23.2 Å². The van der Waals surface area contributed by atoms with Gasteiger partial charge in [0.05, 0.1) is 6.04 Å². The van der Waals surface area contributed by atoms with Gasteiger partial charge in [0, 0.05) is 10.0 Å². The number of benzene rings is 2. The highest BCUT2D eigenvalue weighted by atomic mass is 35.5. The van der Waals surface area contributed by atoms with Crippen LogP contribution in [0.5, 0.6) is 0 Å². The monoisotopic (exact) mass is 320 g/mol. The van der Waals surface area contributed by atoms with Gasteiger partial charge < -0.3 is 0 Å². The zero-order chi connectivity index (χ0) is 14.8. The fourth-order valence-electron chi connectivity index (χ4n) is 3.03. The third-order valence-corrected chi connectivity index (χ3v) is 4.72. The number of rotatable bonds is 4. The number of hydrogen-bond acceptors (Lipinski definition) is 2. The SMILES string of the molecule is NNC(Cc1ccc2c(c1)CCC2)c1cc(Cl)ccc1Cl. The summed E-state index contributed by atoms with van der Waals surface area (Å²) in [5.41, 5.74) is 8.03. The number of halogens is 2. The zero-order valence-corrected chi connectivity index (χ0v) is 13.2. The van der Waals surface area contributed by atoms with Crippen LogP contribution in [0.1, 0.15) is 34.7 Å². The van der Waals surface area contributed by atoms with Gasteiger partial charge in [0.15, 0.2) is 0 Å². The van der Waals surface area contributed by atoms with E-state index in [1.54, 1.807) is 6.07 Å². The molecular weight excluding hydrogens is 303 g/mol. The van der Waals surface area contributed by atoms with Crippen LogP contribution in [0.25, 0.3) is 0 Å². The lowest BCUT2D eigenvalue weighted by Crippen LogP contribution is -2.29. The van der Waals surface area contributed by atoms with E-state index in [4.69, 9.17) is 29.0 Å². The van der Waals surface area contributed by atoms with Gasteiger partial charge in [-0.1, -0.05) is 41.4 Å². The Morgan fingerprint density at radius 1 is 1.05 bits per heavy atom. The fraction of sp³-hybridized carbons (Fsp3) is 0.294. The van der Waals surface area contributed by atoms with Gasteiger partial charge in [0.25, 0.3) is 0 Å². The summed E-state index contributed by atoms with van der Waals surface area (Å²) in [7, 11) is 0. The molecule has 21 heavy (non-hydrogen) atoms. The van der Waals surface area contributed by atoms with Crippen LogP contribution in [-0.4, -0.2) is 0 Å². The van der Waals surface area contributed by atoms with E-state index in [1.807, 2.05) is 12.1 Å². The Hall–Kier alpha value is -1.06. The highest BCUT2D eigenvalue weighted by molar-refractivity contribution is 6.33. The molecule has 1 atom stereocenters. The van der Waals surface area contributed by atoms with Crippen LogP contribution in [0.3, 0.4) is 0 Å². The van der Waals surface area contributed by atoms with Crippen LogP contribution in [0.15, 0.2) is 36.4 Å². The Labute approximate surface area is 135 Å². The smallest absolute Gasteiger partial charge is 0.0515 e. The second kappa shape index (κ2) is 6.37. The summed E-state index contributed by atoms with van der Waals surface area (Å²) in [4.78, 5) is 0. The van der Waals surface area contributed by atoms with Gasteiger partial charge in [-0.3, -0.25) is 11.3 Å². The van der Waals surface area contributed by atoms with Crippen molar-refractivity contribution in [3.05, 3.63) is 68.7 Å². The van der Waals surface area contributed by atoms with Crippen molar-refractivity contribution in [1.82, 2.24) is 5.43 Å². The molecule has 1 unspecified atom stereocenters. The zero-order valence-electron chi connectivity index (χ0n) is 11.7. The first-order valence-electron chi connectivity index (χ1n) is 7.19. The molecule has 110 valence electrons. The summed E-state index contributed by atoms with van der Waals surface area (Å²) in [6.07, 6.45) is 4.44. The molecule has 0 aliphatic heterocycles. The first kappa shape index (κ1) is 14.9. The van der Waals surface area contributed by atoms with Gasteiger partial charge in [-0.25, -0.2) is 0 Å². The van der Waals surface area contributed by atoms with Crippen LogP contribution >= 0.6 is 23.2 Å². The quantitative estimate of drug-likeness (QED) is 0.653. The molecule has 0 saturated heterocycles. The molecule has 0 spiro atoms. The van der Waals surface area contributed by atoms with Gasteiger partial charge >= 0.3 is 0 Å². The fourth-order valence-corrected chi connectivity index (χ4v) is 3.46. The summed E-state index contributed by atoms with van der Waals surface area (Å²) in [5, 5.41) is 1.35. The molecule has 1 aliphatic carbocycles. The Morgan fingerprint density at radius 3 is 2.67 bits per heavy atom. The average molecular weight is 321 g/mol. The third-order valence-electron chi connectivity index (χ3n) is 4.14. The van der Waals surface area contributed by atoms with Gasteiger partial charge in [-0.2, -0.15) is 0 Å². The minimum absolute atomic E-state index is 0.0457. The molecule has 0 saturated carbocycles. The maximum absolute atomic E-state index is 6.28. The molecule has 2 nitrogen and oxygen atoms in total. The molecular formula is C17H18Cl2N2. The molecule has 0 aromatic heterocycles. The van der Waals surface area contributed by atoms with E-state index in [0.717, 1.165) is 12.0 Å². The van der Waals surface area contributed by atoms with Crippen molar-refractivity contribution in [2.75, 3.05) is 0 Å². The van der Waals surface area contributed by atoms with E-state index in [0.29, 0.717) is 10.0 Å². The van der Waals surface area contributed by atoms with Gasteiger partial charge in [0.1, 0.15) is 0 Å². The lowest BCUT2D eigenvalue weighted by molar-refractivity contribution is 0.552. The van der Waals surface area contributed by atoms with Crippen molar-refractivity contribution in [3.8, 4) is 0 Å². The van der Waals surface area contributed by atoms with Crippen LogP contribution in [0.4, 0.5) is 0 Å². The maximum atomic E-state index is 6.28. The molecule has 1 aliphatic rings. The van der Waals surface area contributed by atoms with Crippen molar-refractivity contribution in [2.45, 2.75) is 31.7 Å².